The SMILES string of the molecule is Cn1cc(CNCc2cnc[nH]2)c2ccccc21. The van der Waals surface area contributed by atoms with Gasteiger partial charge < -0.3 is 14.9 Å². The first-order chi connectivity index (χ1) is 8.84. The van der Waals surface area contributed by atoms with Gasteiger partial charge in [0.2, 0.25) is 0 Å². The van der Waals surface area contributed by atoms with E-state index in [4.69, 9.17) is 0 Å². The zero-order valence-corrected chi connectivity index (χ0v) is 10.4. The first-order valence-corrected chi connectivity index (χ1v) is 6.05. The summed E-state index contributed by atoms with van der Waals surface area (Å²) in [6.45, 7) is 1.67. The van der Waals surface area contributed by atoms with E-state index in [-0.39, 0.29) is 0 Å². The molecule has 2 heterocycles. The number of aryl methyl sites for hydroxylation is 1. The maximum Gasteiger partial charge on any atom is 0.0922 e. The van der Waals surface area contributed by atoms with Crippen LogP contribution in [0.25, 0.3) is 10.9 Å². The Morgan fingerprint density at radius 2 is 2.17 bits per heavy atom. The Morgan fingerprint density at radius 3 is 3.00 bits per heavy atom. The third-order valence-electron chi connectivity index (χ3n) is 3.17. The van der Waals surface area contributed by atoms with Crippen molar-refractivity contribution in [3.05, 3.63) is 54.2 Å². The molecule has 3 aromatic rings. The van der Waals surface area contributed by atoms with Crippen LogP contribution >= 0.6 is 0 Å². The van der Waals surface area contributed by atoms with Crippen LogP contribution in [-0.4, -0.2) is 14.5 Å². The Hall–Kier alpha value is -2.07. The standard InChI is InChI=1S/C14H16N4/c1-18-9-11(13-4-2-3-5-14(13)18)6-15-7-12-8-16-10-17-12/h2-5,8-10,15H,6-7H2,1H3,(H,16,17). The Kier molecular flexibility index (Phi) is 2.86. The van der Waals surface area contributed by atoms with E-state index >= 15 is 0 Å². The average Bonchev–Trinajstić information content (AvgIpc) is 3.00. The number of rotatable bonds is 4. The number of aromatic amines is 1. The van der Waals surface area contributed by atoms with Crippen LogP contribution in [0.1, 0.15) is 11.3 Å². The van der Waals surface area contributed by atoms with E-state index in [1.807, 2.05) is 6.20 Å². The number of para-hydroxylation sites is 1. The van der Waals surface area contributed by atoms with Crippen molar-refractivity contribution >= 4 is 10.9 Å². The Morgan fingerprint density at radius 1 is 1.28 bits per heavy atom. The highest BCUT2D eigenvalue weighted by Gasteiger charge is 2.05. The zero-order valence-electron chi connectivity index (χ0n) is 10.4. The second kappa shape index (κ2) is 4.66. The fourth-order valence-electron chi connectivity index (χ4n) is 2.28. The van der Waals surface area contributed by atoms with Crippen LogP contribution in [0, 0.1) is 0 Å². The molecule has 0 bridgehead atoms. The third kappa shape index (κ3) is 2.02. The number of nitrogens with one attached hydrogen (secondary N) is 2. The van der Waals surface area contributed by atoms with Crippen molar-refractivity contribution in [2.45, 2.75) is 13.1 Å². The highest BCUT2D eigenvalue weighted by molar-refractivity contribution is 5.83. The van der Waals surface area contributed by atoms with Crippen molar-refractivity contribution in [1.82, 2.24) is 19.9 Å². The Bertz CT molecular complexity index is 637. The number of hydrogen-bond acceptors (Lipinski definition) is 2. The first-order valence-electron chi connectivity index (χ1n) is 6.05. The van der Waals surface area contributed by atoms with E-state index in [2.05, 4.69) is 57.4 Å². The molecule has 0 aliphatic heterocycles. The zero-order chi connectivity index (χ0) is 12.4. The van der Waals surface area contributed by atoms with Gasteiger partial charge in [0, 0.05) is 49.1 Å². The minimum Gasteiger partial charge on any atom is -0.350 e. The molecular weight excluding hydrogens is 224 g/mol. The molecule has 0 unspecified atom stereocenters. The van der Waals surface area contributed by atoms with Gasteiger partial charge in [-0.15, -0.1) is 0 Å². The quantitative estimate of drug-likeness (QED) is 0.734. The molecule has 2 N–H and O–H groups in total. The third-order valence-corrected chi connectivity index (χ3v) is 3.17. The van der Waals surface area contributed by atoms with Gasteiger partial charge in [0.15, 0.2) is 0 Å². The molecule has 0 radical (unpaired) electrons. The maximum atomic E-state index is 4.00. The van der Waals surface area contributed by atoms with Gasteiger partial charge >= 0.3 is 0 Å². The molecule has 3 rings (SSSR count). The molecule has 0 saturated heterocycles. The van der Waals surface area contributed by atoms with Crippen molar-refractivity contribution in [3.63, 3.8) is 0 Å². The van der Waals surface area contributed by atoms with Crippen LogP contribution in [0.3, 0.4) is 0 Å². The Labute approximate surface area is 106 Å². The molecule has 4 heteroatoms. The van der Waals surface area contributed by atoms with E-state index in [0.717, 1.165) is 18.8 Å². The van der Waals surface area contributed by atoms with Gasteiger partial charge in [-0.3, -0.25) is 0 Å². The Balaban J connectivity index is 1.75. The molecule has 92 valence electrons. The van der Waals surface area contributed by atoms with Gasteiger partial charge in [-0.2, -0.15) is 0 Å². The van der Waals surface area contributed by atoms with E-state index in [1.54, 1.807) is 6.33 Å². The lowest BCUT2D eigenvalue weighted by Gasteiger charge is -2.01. The molecule has 0 saturated carbocycles. The summed E-state index contributed by atoms with van der Waals surface area (Å²) < 4.78 is 2.17. The molecule has 1 aromatic carbocycles. The largest absolute Gasteiger partial charge is 0.350 e. The highest BCUT2D eigenvalue weighted by Crippen LogP contribution is 2.19. The number of nitrogens with zero attached hydrogens (tertiary/aromatic N) is 2. The van der Waals surface area contributed by atoms with Crippen molar-refractivity contribution in [3.8, 4) is 0 Å². The van der Waals surface area contributed by atoms with Crippen LogP contribution in [0.15, 0.2) is 43.0 Å². The number of hydrogen-bond donors (Lipinski definition) is 2. The normalized spacial score (nSPS) is 11.2. The van der Waals surface area contributed by atoms with Crippen molar-refractivity contribution < 1.29 is 0 Å². The molecule has 2 aromatic heterocycles. The molecule has 0 aliphatic carbocycles. The van der Waals surface area contributed by atoms with Gasteiger partial charge in [0.25, 0.3) is 0 Å². The minimum absolute atomic E-state index is 0.809. The summed E-state index contributed by atoms with van der Waals surface area (Å²) in [4.78, 5) is 7.09. The summed E-state index contributed by atoms with van der Waals surface area (Å²) in [5.41, 5.74) is 3.71. The monoisotopic (exact) mass is 240 g/mol. The topological polar surface area (TPSA) is 45.6 Å². The minimum atomic E-state index is 0.809. The second-order valence-electron chi connectivity index (χ2n) is 4.46. The van der Waals surface area contributed by atoms with Crippen molar-refractivity contribution in [2.75, 3.05) is 0 Å². The van der Waals surface area contributed by atoms with Gasteiger partial charge in [-0.05, 0) is 11.6 Å². The first kappa shape index (κ1) is 11.0. The van der Waals surface area contributed by atoms with Crippen LogP contribution < -0.4 is 5.32 Å². The number of fused-ring (bicyclic) bond motifs is 1. The molecular formula is C14H16N4. The van der Waals surface area contributed by atoms with E-state index in [9.17, 15) is 0 Å². The van der Waals surface area contributed by atoms with Gasteiger partial charge in [-0.25, -0.2) is 4.98 Å². The summed E-state index contributed by atoms with van der Waals surface area (Å²) >= 11 is 0. The lowest BCUT2D eigenvalue weighted by Crippen LogP contribution is -2.12. The lowest BCUT2D eigenvalue weighted by molar-refractivity contribution is 0.683. The summed E-state index contributed by atoms with van der Waals surface area (Å²) in [5.74, 6) is 0. The van der Waals surface area contributed by atoms with Crippen LogP contribution in [0.2, 0.25) is 0 Å². The molecule has 0 atom stereocenters. The number of aromatic nitrogens is 3. The predicted molar refractivity (Wildman–Crippen MR) is 72.1 cm³/mol. The van der Waals surface area contributed by atoms with Crippen LogP contribution in [0.4, 0.5) is 0 Å². The predicted octanol–water partition coefficient (Wildman–Crippen LogP) is 2.19. The molecule has 0 spiro atoms. The average molecular weight is 240 g/mol. The molecule has 0 aliphatic rings. The maximum absolute atomic E-state index is 4.00. The number of H-pyrrole nitrogens is 1. The number of imidazole rings is 1. The fraction of sp³-hybridized carbons (Fsp3) is 0.214. The fourth-order valence-corrected chi connectivity index (χ4v) is 2.28. The molecule has 4 nitrogen and oxygen atoms in total. The molecule has 0 amide bonds. The van der Waals surface area contributed by atoms with Gasteiger partial charge in [-0.1, -0.05) is 18.2 Å². The molecule has 0 fully saturated rings. The van der Waals surface area contributed by atoms with Crippen molar-refractivity contribution in [1.29, 1.82) is 0 Å². The lowest BCUT2D eigenvalue weighted by atomic mass is 10.2. The smallest absolute Gasteiger partial charge is 0.0922 e. The van der Waals surface area contributed by atoms with E-state index in [1.165, 1.54) is 16.5 Å². The van der Waals surface area contributed by atoms with Crippen LogP contribution in [0.5, 0.6) is 0 Å². The van der Waals surface area contributed by atoms with Gasteiger partial charge in [0.1, 0.15) is 0 Å². The summed E-state index contributed by atoms with van der Waals surface area (Å²) in [5, 5.41) is 4.74. The van der Waals surface area contributed by atoms with Crippen molar-refractivity contribution in [2.24, 2.45) is 7.05 Å². The van der Waals surface area contributed by atoms with E-state index < -0.39 is 0 Å². The summed E-state index contributed by atoms with van der Waals surface area (Å²) in [6.07, 6.45) is 5.73. The van der Waals surface area contributed by atoms with Gasteiger partial charge in [0.05, 0.1) is 6.33 Å². The highest BCUT2D eigenvalue weighted by atomic mass is 15.0. The number of benzene rings is 1. The second-order valence-corrected chi connectivity index (χ2v) is 4.46. The summed E-state index contributed by atoms with van der Waals surface area (Å²) in [7, 11) is 2.08. The van der Waals surface area contributed by atoms with Crippen LogP contribution in [-0.2, 0) is 20.1 Å². The summed E-state index contributed by atoms with van der Waals surface area (Å²) in [6, 6.07) is 8.47. The molecule has 18 heavy (non-hydrogen) atoms. The van der Waals surface area contributed by atoms with E-state index in [0.29, 0.717) is 0 Å².